The monoisotopic (exact) mass is 382 g/mol. The molecule has 1 N–H and O–H groups in total. The van der Waals surface area contributed by atoms with Gasteiger partial charge in [0, 0.05) is 0 Å². The minimum atomic E-state index is -0.648. The Morgan fingerprint density at radius 3 is 2.61 bits per heavy atom. The summed E-state index contributed by atoms with van der Waals surface area (Å²) >= 11 is 0. The molecule has 28 heavy (non-hydrogen) atoms. The lowest BCUT2D eigenvalue weighted by Crippen LogP contribution is -2.26. The average molecular weight is 382 g/mol. The number of benzene rings is 1. The molecule has 9 nitrogen and oxygen atoms in total. The van der Waals surface area contributed by atoms with Crippen molar-refractivity contribution < 1.29 is 9.72 Å². The molecule has 3 aromatic rings. The van der Waals surface area contributed by atoms with Gasteiger partial charge in [-0.25, -0.2) is 0 Å². The van der Waals surface area contributed by atoms with Crippen molar-refractivity contribution in [1.29, 1.82) is 0 Å². The molecule has 2 heterocycles. The maximum absolute atomic E-state index is 12.8. The molecule has 1 amide bonds. The predicted molar refractivity (Wildman–Crippen MR) is 104 cm³/mol. The molecule has 0 aliphatic heterocycles. The summed E-state index contributed by atoms with van der Waals surface area (Å²) in [6.07, 6.45) is 2.86. The van der Waals surface area contributed by atoms with Crippen LogP contribution in [0.15, 0.2) is 42.7 Å². The van der Waals surface area contributed by atoms with E-state index in [1.165, 1.54) is 10.9 Å². The molecule has 9 heteroatoms. The number of anilines is 1. The lowest BCUT2D eigenvalue weighted by atomic mass is 10.2. The quantitative estimate of drug-likeness (QED) is 0.498. The van der Waals surface area contributed by atoms with Crippen LogP contribution in [-0.2, 0) is 11.3 Å². The minimum Gasteiger partial charge on any atom is -0.321 e. The molecule has 2 aromatic heterocycles. The van der Waals surface area contributed by atoms with E-state index >= 15 is 0 Å². The van der Waals surface area contributed by atoms with Crippen molar-refractivity contribution in [2.24, 2.45) is 0 Å². The van der Waals surface area contributed by atoms with E-state index in [1.54, 1.807) is 0 Å². The van der Waals surface area contributed by atoms with Crippen LogP contribution in [0.4, 0.5) is 11.4 Å². The third-order valence-corrected chi connectivity index (χ3v) is 4.61. The normalized spacial score (nSPS) is 12.0. The molecule has 0 bridgehead atoms. The van der Waals surface area contributed by atoms with E-state index < -0.39 is 11.0 Å². The number of aryl methyl sites for hydroxylation is 1. The van der Waals surface area contributed by atoms with Gasteiger partial charge in [-0.1, -0.05) is 37.3 Å². The van der Waals surface area contributed by atoms with Gasteiger partial charge >= 0.3 is 5.69 Å². The molecular weight excluding hydrogens is 360 g/mol. The smallest absolute Gasteiger partial charge is 0.307 e. The van der Waals surface area contributed by atoms with Crippen LogP contribution >= 0.6 is 0 Å². The van der Waals surface area contributed by atoms with Crippen molar-refractivity contribution in [3.05, 3.63) is 69.8 Å². The van der Waals surface area contributed by atoms with Gasteiger partial charge in [0.2, 0.25) is 5.91 Å². The standard InChI is InChI=1S/C19H22N6O3/c1-4-17(24-12-16(10-20-24)25(27)28)19(26)21-18-13(2)22-23(14(18)3)11-15-8-6-5-7-9-15/h5-10,12,17H,4,11H2,1-3H3,(H,21,26). The SMILES string of the molecule is CCC(C(=O)Nc1c(C)nn(Cc2ccccc2)c1C)n1cc([N+](=O)[O-])cn1. The van der Waals surface area contributed by atoms with Gasteiger partial charge in [0.1, 0.15) is 18.4 Å². The van der Waals surface area contributed by atoms with Crippen LogP contribution in [0.2, 0.25) is 0 Å². The van der Waals surface area contributed by atoms with E-state index in [2.05, 4.69) is 15.5 Å². The molecule has 0 radical (unpaired) electrons. The first kappa shape index (κ1) is 19.3. The Balaban J connectivity index is 1.79. The van der Waals surface area contributed by atoms with Gasteiger partial charge in [-0.3, -0.25) is 24.3 Å². The number of amides is 1. The van der Waals surface area contributed by atoms with E-state index in [1.807, 2.05) is 55.8 Å². The highest BCUT2D eigenvalue weighted by atomic mass is 16.6. The fourth-order valence-corrected chi connectivity index (χ4v) is 3.08. The number of nitrogens with one attached hydrogen (secondary N) is 1. The van der Waals surface area contributed by atoms with Gasteiger partial charge in [0.25, 0.3) is 0 Å². The summed E-state index contributed by atoms with van der Waals surface area (Å²) in [5.41, 5.74) is 3.18. The average Bonchev–Trinajstić information content (AvgIpc) is 3.25. The largest absolute Gasteiger partial charge is 0.321 e. The molecule has 1 atom stereocenters. The molecule has 1 unspecified atom stereocenters. The van der Waals surface area contributed by atoms with E-state index in [0.717, 1.165) is 17.5 Å². The first-order valence-corrected chi connectivity index (χ1v) is 8.98. The number of aromatic nitrogens is 4. The fraction of sp³-hybridized carbons (Fsp3) is 0.316. The van der Waals surface area contributed by atoms with Crippen molar-refractivity contribution in [3.63, 3.8) is 0 Å². The first-order chi connectivity index (χ1) is 13.4. The Kier molecular flexibility index (Phi) is 5.53. The number of hydrogen-bond donors (Lipinski definition) is 1. The lowest BCUT2D eigenvalue weighted by Gasteiger charge is -2.15. The van der Waals surface area contributed by atoms with Gasteiger partial charge in [-0.15, -0.1) is 0 Å². The topological polar surface area (TPSA) is 108 Å². The molecule has 0 aliphatic rings. The van der Waals surface area contributed by atoms with Crippen LogP contribution in [0.25, 0.3) is 0 Å². The first-order valence-electron chi connectivity index (χ1n) is 8.98. The van der Waals surface area contributed by atoms with Gasteiger partial charge in [0.15, 0.2) is 0 Å². The van der Waals surface area contributed by atoms with E-state index in [4.69, 9.17) is 0 Å². The molecule has 1 aromatic carbocycles. The Hall–Kier alpha value is -3.49. The second kappa shape index (κ2) is 8.03. The molecule has 0 saturated heterocycles. The summed E-state index contributed by atoms with van der Waals surface area (Å²) in [6.45, 7) is 6.17. The summed E-state index contributed by atoms with van der Waals surface area (Å²) in [7, 11) is 0. The zero-order valence-corrected chi connectivity index (χ0v) is 16.0. The van der Waals surface area contributed by atoms with E-state index in [9.17, 15) is 14.9 Å². The summed E-state index contributed by atoms with van der Waals surface area (Å²) in [4.78, 5) is 23.2. The van der Waals surface area contributed by atoms with Crippen LogP contribution in [0.5, 0.6) is 0 Å². The zero-order valence-electron chi connectivity index (χ0n) is 16.0. The zero-order chi connectivity index (χ0) is 20.3. The van der Waals surface area contributed by atoms with Gasteiger partial charge in [-0.2, -0.15) is 10.2 Å². The molecular formula is C19H22N6O3. The molecule has 0 saturated carbocycles. The van der Waals surface area contributed by atoms with Crippen molar-refractivity contribution in [2.75, 3.05) is 5.32 Å². The predicted octanol–water partition coefficient (Wildman–Crippen LogP) is 3.24. The van der Waals surface area contributed by atoms with E-state index in [0.29, 0.717) is 24.3 Å². The highest BCUT2D eigenvalue weighted by Crippen LogP contribution is 2.23. The Morgan fingerprint density at radius 1 is 1.29 bits per heavy atom. The second-order valence-electron chi connectivity index (χ2n) is 6.54. The van der Waals surface area contributed by atoms with Crippen LogP contribution in [0.1, 0.15) is 36.3 Å². The van der Waals surface area contributed by atoms with Crippen LogP contribution in [-0.4, -0.2) is 30.4 Å². The molecule has 0 fully saturated rings. The second-order valence-corrected chi connectivity index (χ2v) is 6.54. The van der Waals surface area contributed by atoms with Crippen LogP contribution in [0, 0.1) is 24.0 Å². The van der Waals surface area contributed by atoms with Gasteiger partial charge in [0.05, 0.1) is 28.5 Å². The van der Waals surface area contributed by atoms with Crippen LogP contribution in [0.3, 0.4) is 0 Å². The minimum absolute atomic E-state index is 0.144. The number of carbonyl (C=O) groups excluding carboxylic acids is 1. The van der Waals surface area contributed by atoms with Crippen LogP contribution < -0.4 is 5.32 Å². The van der Waals surface area contributed by atoms with Crippen molar-refractivity contribution in [3.8, 4) is 0 Å². The number of nitrogens with zero attached hydrogens (tertiary/aromatic N) is 5. The third kappa shape index (κ3) is 3.93. The van der Waals surface area contributed by atoms with Gasteiger partial charge < -0.3 is 5.32 Å². The van der Waals surface area contributed by atoms with Gasteiger partial charge in [-0.05, 0) is 25.8 Å². The number of carbonyl (C=O) groups is 1. The lowest BCUT2D eigenvalue weighted by molar-refractivity contribution is -0.385. The maximum atomic E-state index is 12.8. The Labute approximate surface area is 162 Å². The fourth-order valence-electron chi connectivity index (χ4n) is 3.08. The highest BCUT2D eigenvalue weighted by molar-refractivity contribution is 5.94. The summed E-state index contributed by atoms with van der Waals surface area (Å²) < 4.78 is 3.17. The maximum Gasteiger partial charge on any atom is 0.307 e. The summed E-state index contributed by atoms with van der Waals surface area (Å²) in [5.74, 6) is -0.286. The molecule has 3 rings (SSSR count). The highest BCUT2D eigenvalue weighted by Gasteiger charge is 2.24. The number of rotatable bonds is 7. The summed E-state index contributed by atoms with van der Waals surface area (Å²) in [5, 5.41) is 22.3. The van der Waals surface area contributed by atoms with Crippen molar-refractivity contribution in [1.82, 2.24) is 19.6 Å². The molecule has 0 spiro atoms. The molecule has 146 valence electrons. The summed E-state index contributed by atoms with van der Waals surface area (Å²) in [6, 6.07) is 9.29. The van der Waals surface area contributed by atoms with E-state index in [-0.39, 0.29) is 11.6 Å². The molecule has 0 aliphatic carbocycles. The Morgan fingerprint density at radius 2 is 2.00 bits per heavy atom. The number of hydrogen-bond acceptors (Lipinski definition) is 5. The van der Waals surface area contributed by atoms with Crippen molar-refractivity contribution in [2.45, 2.75) is 39.8 Å². The van der Waals surface area contributed by atoms with Crippen molar-refractivity contribution >= 4 is 17.3 Å². The Bertz CT molecular complexity index is 993. The third-order valence-electron chi connectivity index (χ3n) is 4.61. The number of nitro groups is 1.